The van der Waals surface area contributed by atoms with Crippen molar-refractivity contribution >= 4 is 65.6 Å². The van der Waals surface area contributed by atoms with E-state index >= 15 is 0 Å². The molecule has 0 saturated heterocycles. The van der Waals surface area contributed by atoms with Crippen molar-refractivity contribution in [3.63, 3.8) is 0 Å². The minimum atomic E-state index is 0.487. The van der Waals surface area contributed by atoms with Gasteiger partial charge < -0.3 is 18.0 Å². The van der Waals surface area contributed by atoms with E-state index < -0.39 is 0 Å². The first-order chi connectivity index (χ1) is 27.8. The van der Waals surface area contributed by atoms with Crippen LogP contribution in [-0.4, -0.2) is 19.3 Å². The van der Waals surface area contributed by atoms with Gasteiger partial charge in [-0.25, -0.2) is 0 Å². The van der Waals surface area contributed by atoms with Gasteiger partial charge in [0.2, 0.25) is 11.8 Å². The Morgan fingerprint density at radius 3 is 1.59 bits per heavy atom. The molecule has 0 aliphatic carbocycles. The molecule has 0 amide bonds. The van der Waals surface area contributed by atoms with Gasteiger partial charge in [-0.1, -0.05) is 97.1 Å². The zero-order chi connectivity index (χ0) is 36.7. The summed E-state index contributed by atoms with van der Waals surface area (Å²) in [5.41, 5.74) is 12.3. The average Bonchev–Trinajstić information content (AvgIpc) is 4.05. The highest BCUT2D eigenvalue weighted by Gasteiger charge is 2.22. The molecule has 6 heteroatoms. The maximum Gasteiger partial charge on any atom is 0.248 e. The van der Waals surface area contributed by atoms with Crippen molar-refractivity contribution in [2.45, 2.75) is 0 Å². The monoisotopic (exact) mass is 718 g/mol. The lowest BCUT2D eigenvalue weighted by Gasteiger charge is -2.15. The van der Waals surface area contributed by atoms with E-state index in [4.69, 9.17) is 8.83 Å². The third kappa shape index (κ3) is 4.50. The Morgan fingerprint density at radius 1 is 0.357 bits per heavy atom. The van der Waals surface area contributed by atoms with E-state index in [2.05, 4.69) is 153 Å². The quantitative estimate of drug-likeness (QED) is 0.178. The molecule has 4 heterocycles. The molecule has 0 unspecified atom stereocenters. The number of benzene rings is 8. The van der Waals surface area contributed by atoms with E-state index in [1.807, 2.05) is 48.5 Å². The first-order valence-electron chi connectivity index (χ1n) is 18.7. The van der Waals surface area contributed by atoms with E-state index in [-0.39, 0.29) is 0 Å². The maximum atomic E-state index is 6.81. The number of hydrogen-bond acceptors (Lipinski definition) is 4. The molecular weight excluding hydrogens is 689 g/mol. The van der Waals surface area contributed by atoms with Gasteiger partial charge in [-0.05, 0) is 90.5 Å². The maximum absolute atomic E-state index is 6.81. The van der Waals surface area contributed by atoms with Gasteiger partial charge in [0, 0.05) is 54.7 Å². The minimum absolute atomic E-state index is 0.487. The lowest BCUT2D eigenvalue weighted by molar-refractivity contribution is 0.584. The molecule has 56 heavy (non-hydrogen) atoms. The van der Waals surface area contributed by atoms with Crippen LogP contribution in [0.25, 0.3) is 111 Å². The third-order valence-electron chi connectivity index (χ3n) is 11.1. The van der Waals surface area contributed by atoms with Gasteiger partial charge >= 0.3 is 0 Å². The molecule has 12 rings (SSSR count). The molecule has 0 saturated carbocycles. The van der Waals surface area contributed by atoms with Gasteiger partial charge in [-0.3, -0.25) is 0 Å². The fourth-order valence-corrected chi connectivity index (χ4v) is 8.62. The average molecular weight is 719 g/mol. The van der Waals surface area contributed by atoms with Crippen LogP contribution in [0.2, 0.25) is 0 Å². The summed E-state index contributed by atoms with van der Waals surface area (Å²) in [5.74, 6) is 0.989. The van der Waals surface area contributed by atoms with Gasteiger partial charge in [0.25, 0.3) is 0 Å². The normalized spacial score (nSPS) is 11.9. The fraction of sp³-hybridized carbons (Fsp3) is 0. The smallest absolute Gasteiger partial charge is 0.248 e. The topological polar surface area (TPSA) is 61.9 Å². The summed E-state index contributed by atoms with van der Waals surface area (Å²) in [6.07, 6.45) is 0. The van der Waals surface area contributed by atoms with Gasteiger partial charge in [-0.2, -0.15) is 0 Å². The Labute approximate surface area is 320 Å². The number of fused-ring (bicyclic) bond motifs is 9. The second kappa shape index (κ2) is 11.9. The molecule has 4 aromatic heterocycles. The molecule has 6 nitrogen and oxygen atoms in total. The van der Waals surface area contributed by atoms with Crippen LogP contribution in [0, 0.1) is 0 Å². The van der Waals surface area contributed by atoms with Crippen molar-refractivity contribution in [1.29, 1.82) is 0 Å². The molecule has 0 spiro atoms. The van der Waals surface area contributed by atoms with Crippen LogP contribution < -0.4 is 0 Å². The van der Waals surface area contributed by atoms with Gasteiger partial charge in [-0.15, -0.1) is 10.2 Å². The van der Waals surface area contributed by atoms with Crippen LogP contribution in [0.1, 0.15) is 0 Å². The SMILES string of the molecule is c1ccc(-c2nnc(-c3ccc(-n4c5ccccc5c5cc(-c6c(-n7c8ccccc8c8ccccc87)ccc7c6oc6ccccc67)ccc54)cc3)o2)cc1. The first kappa shape index (κ1) is 30.7. The summed E-state index contributed by atoms with van der Waals surface area (Å²) in [6, 6.07) is 63.8. The molecule has 0 bridgehead atoms. The number of hydrogen-bond donors (Lipinski definition) is 0. The Morgan fingerprint density at radius 2 is 0.893 bits per heavy atom. The zero-order valence-corrected chi connectivity index (χ0v) is 29.9. The second-order valence-electron chi connectivity index (χ2n) is 14.2. The molecule has 0 aliphatic rings. The fourth-order valence-electron chi connectivity index (χ4n) is 8.62. The summed E-state index contributed by atoms with van der Waals surface area (Å²) in [7, 11) is 0. The third-order valence-corrected chi connectivity index (χ3v) is 11.1. The van der Waals surface area contributed by atoms with Crippen LogP contribution >= 0.6 is 0 Å². The number of furan rings is 1. The predicted octanol–water partition coefficient (Wildman–Crippen LogP) is 13.2. The molecule has 12 aromatic rings. The van der Waals surface area contributed by atoms with E-state index in [0.29, 0.717) is 11.8 Å². The van der Waals surface area contributed by atoms with Gasteiger partial charge in [0.15, 0.2) is 0 Å². The van der Waals surface area contributed by atoms with E-state index in [0.717, 1.165) is 83.0 Å². The van der Waals surface area contributed by atoms with Crippen LogP contribution in [0.15, 0.2) is 191 Å². The summed E-state index contributed by atoms with van der Waals surface area (Å²) in [5, 5.41) is 15.6. The standard InChI is InChI=1S/C50H30N4O2/c1-2-12-31(13-3-1)49-51-52-50(56-49)32-22-25-34(26-23-32)53-41-18-8-6-16-37(41)40-30-33(24-28-44(40)53)47-45(29-27-39-38-17-7-11-21-46(38)55-48(39)47)54-42-19-9-4-14-35(42)36-15-5-10-20-43(36)54/h1-30H. The summed E-state index contributed by atoms with van der Waals surface area (Å²) in [4.78, 5) is 0. The zero-order valence-electron chi connectivity index (χ0n) is 29.9. The van der Waals surface area contributed by atoms with Crippen molar-refractivity contribution in [2.75, 3.05) is 0 Å². The Balaban J connectivity index is 1.06. The van der Waals surface area contributed by atoms with E-state index in [9.17, 15) is 0 Å². The van der Waals surface area contributed by atoms with Crippen molar-refractivity contribution in [1.82, 2.24) is 19.3 Å². The number of nitrogens with zero attached hydrogens (tertiary/aromatic N) is 4. The Hall–Kier alpha value is -7.70. The highest BCUT2D eigenvalue weighted by atomic mass is 16.4. The van der Waals surface area contributed by atoms with Crippen LogP contribution in [-0.2, 0) is 0 Å². The Kier molecular flexibility index (Phi) is 6.53. The minimum Gasteiger partial charge on any atom is -0.455 e. The lowest BCUT2D eigenvalue weighted by atomic mass is 9.98. The number of aromatic nitrogens is 4. The van der Waals surface area contributed by atoms with Crippen molar-refractivity contribution in [3.8, 4) is 45.4 Å². The van der Waals surface area contributed by atoms with Crippen molar-refractivity contribution in [2.24, 2.45) is 0 Å². The molecule has 0 N–H and O–H groups in total. The van der Waals surface area contributed by atoms with Gasteiger partial charge in [0.1, 0.15) is 11.2 Å². The largest absolute Gasteiger partial charge is 0.455 e. The Bertz CT molecular complexity index is 3420. The molecule has 0 atom stereocenters. The van der Waals surface area contributed by atoms with Crippen molar-refractivity contribution in [3.05, 3.63) is 182 Å². The van der Waals surface area contributed by atoms with E-state index in [1.165, 1.54) is 16.2 Å². The number of para-hydroxylation sites is 4. The summed E-state index contributed by atoms with van der Waals surface area (Å²) in [6.45, 7) is 0. The summed E-state index contributed by atoms with van der Waals surface area (Å²) < 4.78 is 17.6. The molecule has 262 valence electrons. The van der Waals surface area contributed by atoms with Gasteiger partial charge in [0.05, 0.1) is 27.8 Å². The van der Waals surface area contributed by atoms with Crippen LogP contribution in [0.5, 0.6) is 0 Å². The molecule has 0 aliphatic heterocycles. The predicted molar refractivity (Wildman–Crippen MR) is 227 cm³/mol. The molecular formula is C50H30N4O2. The molecule has 0 radical (unpaired) electrons. The molecule has 0 fully saturated rings. The number of rotatable bonds is 5. The lowest BCUT2D eigenvalue weighted by Crippen LogP contribution is -1.98. The summed E-state index contributed by atoms with van der Waals surface area (Å²) >= 11 is 0. The molecule has 8 aromatic carbocycles. The van der Waals surface area contributed by atoms with Crippen LogP contribution in [0.4, 0.5) is 0 Å². The van der Waals surface area contributed by atoms with E-state index in [1.54, 1.807) is 0 Å². The van der Waals surface area contributed by atoms with Crippen molar-refractivity contribution < 1.29 is 8.83 Å². The first-order valence-corrected chi connectivity index (χ1v) is 18.7. The highest BCUT2D eigenvalue weighted by Crippen LogP contribution is 2.44. The van der Waals surface area contributed by atoms with Crippen LogP contribution in [0.3, 0.4) is 0 Å². The second-order valence-corrected chi connectivity index (χ2v) is 14.2. The highest BCUT2D eigenvalue weighted by molar-refractivity contribution is 6.16.